The Bertz CT molecular complexity index is 1130. The Labute approximate surface area is 202 Å². The maximum Gasteiger partial charge on any atom is 0.341 e. The summed E-state index contributed by atoms with van der Waals surface area (Å²) in [4.78, 5) is 25.8. The highest BCUT2D eigenvalue weighted by atomic mass is 32.1. The first-order chi connectivity index (χ1) is 15.9. The number of ether oxygens (including phenoxy) is 2. The third kappa shape index (κ3) is 6.18. The molecule has 0 aliphatic heterocycles. The zero-order valence-corrected chi connectivity index (χ0v) is 20.4. The van der Waals surface area contributed by atoms with Crippen LogP contribution in [0.3, 0.4) is 0 Å². The van der Waals surface area contributed by atoms with E-state index in [4.69, 9.17) is 21.7 Å². The number of hydrogen-bond donors (Lipinski definition) is 2. The SMILES string of the molecule is CCCOC(=O)c1ccc(NC(=S)Nc2sc(C)c(-c3ccccc3)c2C(=O)OCC)cc1. The normalized spacial score (nSPS) is 10.4. The summed E-state index contributed by atoms with van der Waals surface area (Å²) < 4.78 is 10.5. The Morgan fingerprint density at radius 1 is 0.939 bits per heavy atom. The summed E-state index contributed by atoms with van der Waals surface area (Å²) >= 11 is 6.92. The van der Waals surface area contributed by atoms with Gasteiger partial charge >= 0.3 is 11.9 Å². The van der Waals surface area contributed by atoms with Crippen molar-refractivity contribution in [1.29, 1.82) is 0 Å². The summed E-state index contributed by atoms with van der Waals surface area (Å²) in [7, 11) is 0. The number of nitrogens with one attached hydrogen (secondary N) is 2. The summed E-state index contributed by atoms with van der Waals surface area (Å²) in [6, 6.07) is 16.6. The maximum absolute atomic E-state index is 12.8. The molecule has 0 bridgehead atoms. The van der Waals surface area contributed by atoms with Crippen molar-refractivity contribution in [3.05, 3.63) is 70.6 Å². The number of carbonyl (C=O) groups is 2. The number of anilines is 2. The average molecular weight is 483 g/mol. The Morgan fingerprint density at radius 3 is 2.27 bits per heavy atom. The molecule has 8 heteroatoms. The summed E-state index contributed by atoms with van der Waals surface area (Å²) in [5.74, 6) is -0.758. The lowest BCUT2D eigenvalue weighted by atomic mass is 10.0. The molecule has 3 aromatic rings. The van der Waals surface area contributed by atoms with Crippen molar-refractivity contribution >= 4 is 51.3 Å². The number of thiocarbonyl (C=S) groups is 1. The average Bonchev–Trinajstić information content (AvgIpc) is 3.14. The molecule has 2 N–H and O–H groups in total. The largest absolute Gasteiger partial charge is 0.462 e. The molecule has 0 saturated carbocycles. The van der Waals surface area contributed by atoms with E-state index in [0.717, 1.165) is 22.4 Å². The van der Waals surface area contributed by atoms with Gasteiger partial charge in [-0.05, 0) is 62.3 Å². The van der Waals surface area contributed by atoms with Gasteiger partial charge in [-0.15, -0.1) is 11.3 Å². The Morgan fingerprint density at radius 2 is 1.64 bits per heavy atom. The maximum atomic E-state index is 12.8. The minimum Gasteiger partial charge on any atom is -0.462 e. The van der Waals surface area contributed by atoms with Crippen molar-refractivity contribution in [1.82, 2.24) is 0 Å². The van der Waals surface area contributed by atoms with Gasteiger partial charge in [0.15, 0.2) is 5.11 Å². The van der Waals surface area contributed by atoms with E-state index in [1.807, 2.05) is 44.2 Å². The van der Waals surface area contributed by atoms with E-state index in [9.17, 15) is 9.59 Å². The van der Waals surface area contributed by atoms with Crippen LogP contribution in [0.15, 0.2) is 54.6 Å². The molecule has 0 aliphatic carbocycles. The van der Waals surface area contributed by atoms with Crippen molar-refractivity contribution in [3.63, 3.8) is 0 Å². The molecule has 1 heterocycles. The first-order valence-electron chi connectivity index (χ1n) is 10.7. The molecule has 0 spiro atoms. The first kappa shape index (κ1) is 24.4. The zero-order chi connectivity index (χ0) is 23.8. The molecule has 0 aliphatic rings. The van der Waals surface area contributed by atoms with Crippen molar-refractivity contribution in [2.24, 2.45) is 0 Å². The number of hydrogen-bond acceptors (Lipinski definition) is 6. The van der Waals surface area contributed by atoms with Crippen molar-refractivity contribution in [2.75, 3.05) is 23.8 Å². The van der Waals surface area contributed by atoms with E-state index < -0.39 is 5.97 Å². The molecule has 172 valence electrons. The number of thiophene rings is 1. The third-order valence-corrected chi connectivity index (χ3v) is 5.89. The van der Waals surface area contributed by atoms with Gasteiger partial charge in [-0.3, -0.25) is 0 Å². The van der Waals surface area contributed by atoms with Crippen LogP contribution in [0.1, 0.15) is 45.9 Å². The van der Waals surface area contributed by atoms with Gasteiger partial charge in [0, 0.05) is 16.1 Å². The lowest BCUT2D eigenvalue weighted by Crippen LogP contribution is -2.20. The van der Waals surface area contributed by atoms with Crippen LogP contribution in [0, 0.1) is 6.92 Å². The van der Waals surface area contributed by atoms with E-state index >= 15 is 0 Å². The molecule has 1 aromatic heterocycles. The highest BCUT2D eigenvalue weighted by Gasteiger charge is 2.25. The van der Waals surface area contributed by atoms with Crippen LogP contribution in [0.4, 0.5) is 10.7 Å². The molecular formula is C25H26N2O4S2. The van der Waals surface area contributed by atoms with Gasteiger partial charge < -0.3 is 20.1 Å². The minimum atomic E-state index is -0.402. The van der Waals surface area contributed by atoms with E-state index in [-0.39, 0.29) is 12.6 Å². The molecule has 0 atom stereocenters. The Kier molecular flexibility index (Phi) is 8.57. The predicted molar refractivity (Wildman–Crippen MR) is 137 cm³/mol. The molecule has 0 saturated heterocycles. The lowest BCUT2D eigenvalue weighted by Gasteiger charge is -2.12. The van der Waals surface area contributed by atoms with Gasteiger partial charge in [-0.1, -0.05) is 37.3 Å². The molecule has 3 rings (SSSR count). The van der Waals surface area contributed by atoms with Crippen molar-refractivity contribution < 1.29 is 19.1 Å². The van der Waals surface area contributed by atoms with Crippen LogP contribution in [0.25, 0.3) is 11.1 Å². The number of aryl methyl sites for hydroxylation is 1. The molecular weight excluding hydrogens is 456 g/mol. The molecule has 33 heavy (non-hydrogen) atoms. The predicted octanol–water partition coefficient (Wildman–Crippen LogP) is 6.28. The van der Waals surface area contributed by atoms with Crippen molar-refractivity contribution in [2.45, 2.75) is 27.2 Å². The van der Waals surface area contributed by atoms with Gasteiger partial charge in [-0.25, -0.2) is 9.59 Å². The van der Waals surface area contributed by atoms with Gasteiger partial charge in [0.1, 0.15) is 10.6 Å². The van der Waals surface area contributed by atoms with Crippen LogP contribution < -0.4 is 10.6 Å². The minimum absolute atomic E-state index is 0.275. The number of esters is 2. The Hall–Kier alpha value is -3.23. The highest BCUT2D eigenvalue weighted by molar-refractivity contribution is 7.80. The number of benzene rings is 2. The van der Waals surface area contributed by atoms with Crippen molar-refractivity contribution in [3.8, 4) is 11.1 Å². The summed E-state index contributed by atoms with van der Waals surface area (Å²) in [6.07, 6.45) is 0.771. The second-order valence-electron chi connectivity index (χ2n) is 7.12. The quantitative estimate of drug-likeness (QED) is 0.289. The fourth-order valence-electron chi connectivity index (χ4n) is 3.22. The molecule has 2 aromatic carbocycles. The summed E-state index contributed by atoms with van der Waals surface area (Å²) in [5.41, 5.74) is 3.41. The van der Waals surface area contributed by atoms with E-state index in [1.165, 1.54) is 11.3 Å². The molecule has 0 unspecified atom stereocenters. The van der Waals surface area contributed by atoms with Crippen LogP contribution >= 0.6 is 23.6 Å². The van der Waals surface area contributed by atoms with E-state index in [0.29, 0.717) is 33.5 Å². The lowest BCUT2D eigenvalue weighted by molar-refractivity contribution is 0.0502. The fourth-order valence-corrected chi connectivity index (χ4v) is 4.57. The zero-order valence-electron chi connectivity index (χ0n) is 18.8. The molecule has 0 radical (unpaired) electrons. The number of rotatable bonds is 8. The fraction of sp³-hybridized carbons (Fsp3) is 0.240. The van der Waals surface area contributed by atoms with E-state index in [1.54, 1.807) is 31.2 Å². The molecule has 6 nitrogen and oxygen atoms in total. The van der Waals surface area contributed by atoms with E-state index in [2.05, 4.69) is 10.6 Å². The van der Waals surface area contributed by atoms with Gasteiger partial charge in [0.25, 0.3) is 0 Å². The highest BCUT2D eigenvalue weighted by Crippen LogP contribution is 2.40. The van der Waals surface area contributed by atoms with Crippen LogP contribution in [0.2, 0.25) is 0 Å². The monoisotopic (exact) mass is 482 g/mol. The summed E-state index contributed by atoms with van der Waals surface area (Å²) in [6.45, 7) is 6.35. The van der Waals surface area contributed by atoms with Gasteiger partial charge in [0.2, 0.25) is 0 Å². The van der Waals surface area contributed by atoms with Crippen LogP contribution in [-0.4, -0.2) is 30.3 Å². The van der Waals surface area contributed by atoms with Crippen LogP contribution in [-0.2, 0) is 9.47 Å². The topological polar surface area (TPSA) is 76.7 Å². The standard InChI is InChI=1S/C25H26N2O4S2/c1-4-15-31-23(28)18-11-13-19(14-12-18)26-25(32)27-22-21(24(29)30-5-2)20(16(3)33-22)17-9-7-6-8-10-17/h6-14H,4-5,15H2,1-3H3,(H2,26,27,32). The second-order valence-corrected chi connectivity index (χ2v) is 8.75. The molecule has 0 amide bonds. The number of carbonyl (C=O) groups excluding carboxylic acids is 2. The first-order valence-corrected chi connectivity index (χ1v) is 11.9. The third-order valence-electron chi connectivity index (χ3n) is 4.67. The van der Waals surface area contributed by atoms with Gasteiger partial charge in [-0.2, -0.15) is 0 Å². The van der Waals surface area contributed by atoms with Gasteiger partial charge in [0.05, 0.1) is 18.8 Å². The summed E-state index contributed by atoms with van der Waals surface area (Å²) in [5, 5.41) is 7.17. The second kappa shape index (κ2) is 11.6. The smallest absolute Gasteiger partial charge is 0.341 e. The Balaban J connectivity index is 1.79. The molecule has 0 fully saturated rings. The van der Waals surface area contributed by atoms with Crippen LogP contribution in [0.5, 0.6) is 0 Å².